The third-order valence-corrected chi connectivity index (χ3v) is 11.2. The summed E-state index contributed by atoms with van der Waals surface area (Å²) < 4.78 is 14.1. The predicted octanol–water partition coefficient (Wildman–Crippen LogP) is 4.72. The number of aliphatic hydroxyl groups is 1. The highest BCUT2D eigenvalue weighted by Gasteiger charge is 2.41. The minimum Gasteiger partial charge on any atom is -0.506 e. The number of ether oxygens (including phenoxy) is 2. The van der Waals surface area contributed by atoms with Crippen molar-refractivity contribution in [1.82, 2.24) is 20.1 Å². The number of hydrogen-bond donors (Lipinski definition) is 4. The third-order valence-electron chi connectivity index (χ3n) is 9.15. The van der Waals surface area contributed by atoms with Gasteiger partial charge < -0.3 is 34.9 Å². The molecule has 4 heterocycles. The number of benzene rings is 3. The van der Waals surface area contributed by atoms with Crippen LogP contribution in [0.3, 0.4) is 0 Å². The number of aromatic nitrogens is 1. The van der Waals surface area contributed by atoms with E-state index in [0.29, 0.717) is 55.2 Å². The number of fused-ring (bicyclic) bond motifs is 2. The summed E-state index contributed by atoms with van der Waals surface area (Å²) in [6, 6.07) is 21.2. The van der Waals surface area contributed by atoms with E-state index in [9.17, 15) is 19.8 Å². The number of H-pyrrole nitrogens is 1. The van der Waals surface area contributed by atoms with Gasteiger partial charge in [-0.15, -0.1) is 11.3 Å². The fourth-order valence-electron chi connectivity index (χ4n) is 6.51. The van der Waals surface area contributed by atoms with Crippen LogP contribution in [-0.4, -0.2) is 89.0 Å². The highest BCUT2D eigenvalue weighted by Crippen LogP contribution is 2.33. The number of phenols is 1. The zero-order valence-corrected chi connectivity index (χ0v) is 27.6. The normalized spacial score (nSPS) is 17.4. The number of thiophene rings is 1. The van der Waals surface area contributed by atoms with Crippen LogP contribution in [0.2, 0.25) is 0 Å². The fourth-order valence-corrected chi connectivity index (χ4v) is 8.46. The van der Waals surface area contributed by atoms with Gasteiger partial charge in [0, 0.05) is 49.5 Å². The van der Waals surface area contributed by atoms with E-state index < -0.39 is 6.10 Å². The van der Waals surface area contributed by atoms with E-state index in [1.165, 1.54) is 6.07 Å². The number of likely N-dealkylation sites (tertiary alicyclic amines) is 1. The number of piperidine rings is 1. The standard InChI is InChI=1S/C35H38N4O6S2/c40-27-10-9-26(32-31(27)37-34(43)47-32)28(41)21-36-20-23-5-7-25(8-6-23)44-17-15-38-13-11-35(12-14-38)22-39(16-18-45-35)33(42)30-19-24-3-1-2-4-29(24)46-30/h1-10,19,28,36,40-41H,11-18,20-22H2,(H,37,43)/t28-/m0/s1. The van der Waals surface area contributed by atoms with Crippen LogP contribution in [0.4, 0.5) is 0 Å². The molecule has 2 aliphatic heterocycles. The quantitative estimate of drug-likeness (QED) is 0.168. The topological polar surface area (TPSA) is 127 Å². The van der Waals surface area contributed by atoms with E-state index in [1.54, 1.807) is 17.4 Å². The van der Waals surface area contributed by atoms with Gasteiger partial charge in [0.25, 0.3) is 5.91 Å². The van der Waals surface area contributed by atoms with E-state index >= 15 is 0 Å². The number of carbonyl (C=O) groups is 1. The SMILES string of the molecule is O=C(c1cc2ccccc2s1)N1CCOC2(CCN(CCOc3ccc(CNC[C@H](O)c4ccc(O)c5[nH]c(=O)sc45)cc3)CC2)C1. The van der Waals surface area contributed by atoms with Crippen molar-refractivity contribution in [2.75, 3.05) is 52.5 Å². The molecular formula is C35H38N4O6S2. The number of aliphatic hydroxyl groups excluding tert-OH is 1. The molecule has 12 heteroatoms. The summed E-state index contributed by atoms with van der Waals surface area (Å²) in [6.45, 7) is 5.92. The van der Waals surface area contributed by atoms with E-state index in [1.807, 2.05) is 47.4 Å². The number of carbonyl (C=O) groups excluding carboxylic acids is 1. The summed E-state index contributed by atoms with van der Waals surface area (Å²) in [5, 5.41) is 25.1. The molecule has 47 heavy (non-hydrogen) atoms. The Morgan fingerprint density at radius 3 is 2.68 bits per heavy atom. The molecule has 5 aromatic rings. The van der Waals surface area contributed by atoms with Crippen LogP contribution in [-0.2, 0) is 11.3 Å². The second kappa shape index (κ2) is 13.8. The summed E-state index contributed by atoms with van der Waals surface area (Å²) in [6.07, 6.45) is 0.959. The van der Waals surface area contributed by atoms with Gasteiger partial charge in [0.2, 0.25) is 0 Å². The molecule has 4 N–H and O–H groups in total. The largest absolute Gasteiger partial charge is 0.506 e. The van der Waals surface area contributed by atoms with E-state index in [4.69, 9.17) is 9.47 Å². The lowest BCUT2D eigenvalue weighted by atomic mass is 9.89. The highest BCUT2D eigenvalue weighted by molar-refractivity contribution is 7.20. The number of aromatic hydroxyl groups is 1. The molecule has 2 fully saturated rings. The van der Waals surface area contributed by atoms with Gasteiger partial charge in [-0.2, -0.15) is 0 Å². The van der Waals surface area contributed by atoms with Crippen molar-refractivity contribution in [2.45, 2.75) is 31.1 Å². The number of rotatable bonds is 10. The first kappa shape index (κ1) is 31.8. The van der Waals surface area contributed by atoms with Gasteiger partial charge in [0.15, 0.2) is 0 Å². The van der Waals surface area contributed by atoms with Gasteiger partial charge in [-0.05, 0) is 54.1 Å². The van der Waals surface area contributed by atoms with Gasteiger partial charge in [0.05, 0.1) is 34.4 Å². The average molecular weight is 675 g/mol. The summed E-state index contributed by atoms with van der Waals surface area (Å²) >= 11 is 2.55. The predicted molar refractivity (Wildman–Crippen MR) is 185 cm³/mol. The number of nitrogens with one attached hydrogen (secondary N) is 2. The van der Waals surface area contributed by atoms with E-state index in [0.717, 1.165) is 70.1 Å². The second-order valence-electron chi connectivity index (χ2n) is 12.3. The number of morpholine rings is 1. The number of phenolic OH excluding ortho intramolecular Hbond substituents is 1. The number of thiazole rings is 1. The molecule has 0 unspecified atom stereocenters. The molecule has 2 aliphatic rings. The monoisotopic (exact) mass is 674 g/mol. The smallest absolute Gasteiger partial charge is 0.305 e. The van der Waals surface area contributed by atoms with Crippen LogP contribution >= 0.6 is 22.7 Å². The number of aromatic amines is 1. The molecule has 7 rings (SSSR count). The molecule has 2 saturated heterocycles. The minimum atomic E-state index is -0.824. The maximum absolute atomic E-state index is 13.4. The Hall–Kier alpha value is -3.78. The summed E-state index contributed by atoms with van der Waals surface area (Å²) in [5.41, 5.74) is 1.74. The molecule has 1 atom stereocenters. The molecular weight excluding hydrogens is 637 g/mol. The summed E-state index contributed by atoms with van der Waals surface area (Å²) in [4.78, 5) is 32.7. The van der Waals surface area contributed by atoms with Crippen molar-refractivity contribution in [3.05, 3.63) is 92.4 Å². The molecule has 0 aliphatic carbocycles. The van der Waals surface area contributed by atoms with Crippen LogP contribution in [0.5, 0.6) is 11.5 Å². The Kier molecular flexibility index (Phi) is 9.31. The first-order valence-corrected chi connectivity index (χ1v) is 17.6. The zero-order chi connectivity index (χ0) is 32.4. The lowest BCUT2D eigenvalue weighted by Crippen LogP contribution is -2.58. The average Bonchev–Trinajstić information content (AvgIpc) is 3.70. The molecule has 0 saturated carbocycles. The fraction of sp³-hybridized carbons (Fsp3) is 0.371. The van der Waals surface area contributed by atoms with E-state index in [2.05, 4.69) is 27.3 Å². The maximum atomic E-state index is 13.4. The van der Waals surface area contributed by atoms with Crippen LogP contribution in [0, 0.1) is 0 Å². The Morgan fingerprint density at radius 1 is 1.06 bits per heavy atom. The van der Waals surface area contributed by atoms with E-state index in [-0.39, 0.29) is 22.1 Å². The molecule has 10 nitrogen and oxygen atoms in total. The Bertz CT molecular complexity index is 1880. The first-order chi connectivity index (χ1) is 22.9. The van der Waals surface area contributed by atoms with Crippen LogP contribution in [0.15, 0.2) is 71.5 Å². The third kappa shape index (κ3) is 7.08. The summed E-state index contributed by atoms with van der Waals surface area (Å²) in [7, 11) is 0. The lowest BCUT2D eigenvalue weighted by molar-refractivity contribution is -0.127. The van der Waals surface area contributed by atoms with Gasteiger partial charge in [-0.1, -0.05) is 47.7 Å². The van der Waals surface area contributed by atoms with Gasteiger partial charge >= 0.3 is 4.87 Å². The first-order valence-electron chi connectivity index (χ1n) is 16.0. The van der Waals surface area contributed by atoms with Crippen LogP contribution in [0.1, 0.15) is 39.7 Å². The molecule has 0 radical (unpaired) electrons. The van der Waals surface area contributed by atoms with Gasteiger partial charge in [-0.3, -0.25) is 14.5 Å². The molecule has 0 bridgehead atoms. The maximum Gasteiger partial charge on any atom is 0.305 e. The second-order valence-corrected chi connectivity index (χ2v) is 14.3. The Balaban J connectivity index is 0.832. The van der Waals surface area contributed by atoms with Crippen LogP contribution < -0.4 is 14.9 Å². The Morgan fingerprint density at radius 2 is 1.87 bits per heavy atom. The highest BCUT2D eigenvalue weighted by atomic mass is 32.1. The van der Waals surface area contributed by atoms with Crippen molar-refractivity contribution in [2.24, 2.45) is 0 Å². The molecule has 1 amide bonds. The number of amides is 1. The number of hydrogen-bond acceptors (Lipinski definition) is 10. The lowest BCUT2D eigenvalue weighted by Gasteiger charge is -2.47. The van der Waals surface area contributed by atoms with Crippen molar-refractivity contribution in [3.63, 3.8) is 0 Å². The Labute approximate surface area is 280 Å². The van der Waals surface area contributed by atoms with Gasteiger partial charge in [-0.25, -0.2) is 0 Å². The number of nitrogens with zero attached hydrogens (tertiary/aromatic N) is 2. The van der Waals surface area contributed by atoms with Crippen molar-refractivity contribution < 1.29 is 24.5 Å². The van der Waals surface area contributed by atoms with Crippen LogP contribution in [0.25, 0.3) is 20.3 Å². The molecule has 3 aromatic carbocycles. The van der Waals surface area contributed by atoms with Crippen molar-refractivity contribution in [1.29, 1.82) is 0 Å². The molecule has 1 spiro atoms. The van der Waals surface area contributed by atoms with Crippen molar-refractivity contribution in [3.8, 4) is 11.5 Å². The molecule has 2 aromatic heterocycles. The zero-order valence-electron chi connectivity index (χ0n) is 25.9. The minimum absolute atomic E-state index is 0.00664. The van der Waals surface area contributed by atoms with Crippen molar-refractivity contribution >= 4 is 48.9 Å². The molecule has 246 valence electrons. The van der Waals surface area contributed by atoms with Gasteiger partial charge in [0.1, 0.15) is 23.6 Å². The summed E-state index contributed by atoms with van der Waals surface area (Å²) in [5.74, 6) is 0.909.